The fourth-order valence-corrected chi connectivity index (χ4v) is 3.80. The molecule has 0 aromatic rings. The van der Waals surface area contributed by atoms with E-state index < -0.39 is 0 Å². The van der Waals surface area contributed by atoms with Crippen LogP contribution < -0.4 is 10.6 Å². The zero-order valence-electron chi connectivity index (χ0n) is 16.1. The Balaban J connectivity index is 1.54. The number of hydrogen-bond donors (Lipinski definition) is 3. The van der Waals surface area contributed by atoms with Crippen LogP contribution in [-0.4, -0.2) is 49.0 Å². The quantitative estimate of drug-likeness (QED) is 0.338. The normalized spacial score (nSPS) is 25.8. The van der Waals surface area contributed by atoms with Gasteiger partial charge in [-0.25, -0.2) is 0 Å². The van der Waals surface area contributed by atoms with Crippen LogP contribution in [0.5, 0.6) is 0 Å². The number of aliphatic hydroxyl groups excluding tert-OH is 1. The summed E-state index contributed by atoms with van der Waals surface area (Å²) < 4.78 is 5.98. The van der Waals surface area contributed by atoms with Crippen molar-refractivity contribution in [3.63, 3.8) is 0 Å². The first-order chi connectivity index (χ1) is 12.3. The van der Waals surface area contributed by atoms with Crippen molar-refractivity contribution in [2.75, 3.05) is 19.7 Å². The van der Waals surface area contributed by atoms with Gasteiger partial charge < -0.3 is 20.5 Å². The van der Waals surface area contributed by atoms with Crippen LogP contribution in [0.1, 0.15) is 84.0 Å². The fraction of sp³-hybridized carbons (Fsp3) is 0.950. The Kier molecular flexibility index (Phi) is 10.3. The molecular formula is C20H39N3O2. The molecule has 5 nitrogen and oxygen atoms in total. The zero-order chi connectivity index (χ0) is 17.7. The van der Waals surface area contributed by atoms with Gasteiger partial charge in [-0.1, -0.05) is 19.3 Å². The molecule has 5 heteroatoms. The third-order valence-electron chi connectivity index (χ3n) is 5.36. The molecule has 25 heavy (non-hydrogen) atoms. The lowest BCUT2D eigenvalue weighted by molar-refractivity contribution is 0.0264. The minimum absolute atomic E-state index is 0.103. The molecule has 2 aliphatic carbocycles. The predicted octanol–water partition coefficient (Wildman–Crippen LogP) is 3.36. The summed E-state index contributed by atoms with van der Waals surface area (Å²) in [6, 6.07) is 0.449. The van der Waals surface area contributed by atoms with E-state index in [9.17, 15) is 5.11 Å². The Bertz CT molecular complexity index is 362. The van der Waals surface area contributed by atoms with E-state index >= 15 is 0 Å². The summed E-state index contributed by atoms with van der Waals surface area (Å²) in [6.45, 7) is 4.77. The van der Waals surface area contributed by atoms with Crippen LogP contribution in [0.3, 0.4) is 0 Å². The molecule has 3 N–H and O–H groups in total. The summed E-state index contributed by atoms with van der Waals surface area (Å²) in [6.07, 6.45) is 14.4. The van der Waals surface area contributed by atoms with Gasteiger partial charge in [-0.05, 0) is 64.7 Å². The molecule has 0 atom stereocenters. The van der Waals surface area contributed by atoms with E-state index in [0.717, 1.165) is 64.2 Å². The Labute approximate surface area is 154 Å². The summed E-state index contributed by atoms with van der Waals surface area (Å²) >= 11 is 0. The van der Waals surface area contributed by atoms with Crippen molar-refractivity contribution in [3.05, 3.63) is 0 Å². The smallest absolute Gasteiger partial charge is 0.191 e. The van der Waals surface area contributed by atoms with Gasteiger partial charge in [-0.3, -0.25) is 4.99 Å². The topological polar surface area (TPSA) is 65.9 Å². The molecule has 2 fully saturated rings. The summed E-state index contributed by atoms with van der Waals surface area (Å²) in [5.41, 5.74) is 0. The standard InChI is InChI=1S/C20H39N3O2/c1-2-21-20(23-17-11-13-18(24)14-12-17)22-15-7-4-8-16-25-19-9-5-3-6-10-19/h17-19,24H,2-16H2,1H3,(H2,21,22,23). The van der Waals surface area contributed by atoms with Gasteiger partial charge in [0.2, 0.25) is 0 Å². The van der Waals surface area contributed by atoms with E-state index in [-0.39, 0.29) is 6.10 Å². The maximum absolute atomic E-state index is 9.61. The molecule has 0 amide bonds. The van der Waals surface area contributed by atoms with Gasteiger partial charge in [0.1, 0.15) is 0 Å². The van der Waals surface area contributed by atoms with Gasteiger partial charge in [-0.15, -0.1) is 0 Å². The monoisotopic (exact) mass is 353 g/mol. The largest absolute Gasteiger partial charge is 0.393 e. The van der Waals surface area contributed by atoms with E-state index in [1.165, 1.54) is 38.5 Å². The number of unbranched alkanes of at least 4 members (excludes halogenated alkanes) is 2. The maximum atomic E-state index is 9.61. The molecule has 0 aromatic carbocycles. The number of ether oxygens (including phenoxy) is 1. The second-order valence-corrected chi connectivity index (χ2v) is 7.60. The third kappa shape index (κ3) is 8.91. The highest BCUT2D eigenvalue weighted by Gasteiger charge is 2.19. The molecule has 0 bridgehead atoms. The second kappa shape index (κ2) is 12.5. The first-order valence-electron chi connectivity index (χ1n) is 10.6. The predicted molar refractivity (Wildman–Crippen MR) is 104 cm³/mol. The Morgan fingerprint density at radius 2 is 1.76 bits per heavy atom. The first-order valence-corrected chi connectivity index (χ1v) is 10.6. The van der Waals surface area contributed by atoms with Crippen molar-refractivity contribution >= 4 is 5.96 Å². The lowest BCUT2D eigenvalue weighted by Gasteiger charge is -2.27. The average Bonchev–Trinajstić information content (AvgIpc) is 2.64. The van der Waals surface area contributed by atoms with Gasteiger partial charge in [0.05, 0.1) is 12.2 Å². The van der Waals surface area contributed by atoms with Crippen LogP contribution in [0, 0.1) is 0 Å². The number of guanidine groups is 1. The van der Waals surface area contributed by atoms with Crippen molar-refractivity contribution in [1.29, 1.82) is 0 Å². The molecule has 146 valence electrons. The number of aliphatic imine (C=N–C) groups is 1. The molecule has 2 saturated carbocycles. The summed E-state index contributed by atoms with van der Waals surface area (Å²) in [4.78, 5) is 4.71. The van der Waals surface area contributed by atoms with Crippen molar-refractivity contribution in [3.8, 4) is 0 Å². The highest BCUT2D eigenvalue weighted by molar-refractivity contribution is 5.80. The lowest BCUT2D eigenvalue weighted by Crippen LogP contribution is -2.45. The molecule has 0 radical (unpaired) electrons. The van der Waals surface area contributed by atoms with Gasteiger partial charge in [0.15, 0.2) is 5.96 Å². The lowest BCUT2D eigenvalue weighted by atomic mass is 9.93. The number of nitrogens with one attached hydrogen (secondary N) is 2. The molecule has 0 unspecified atom stereocenters. The summed E-state index contributed by atoms with van der Waals surface area (Å²) in [5.74, 6) is 0.933. The number of hydrogen-bond acceptors (Lipinski definition) is 3. The van der Waals surface area contributed by atoms with Crippen molar-refractivity contribution < 1.29 is 9.84 Å². The Hall–Kier alpha value is -0.810. The van der Waals surface area contributed by atoms with Gasteiger partial charge in [0, 0.05) is 25.7 Å². The average molecular weight is 354 g/mol. The first kappa shape index (κ1) is 20.5. The Morgan fingerprint density at radius 1 is 1.00 bits per heavy atom. The molecule has 2 aliphatic rings. The van der Waals surface area contributed by atoms with Crippen LogP contribution in [0.4, 0.5) is 0 Å². The van der Waals surface area contributed by atoms with E-state index in [1.54, 1.807) is 0 Å². The Morgan fingerprint density at radius 3 is 2.48 bits per heavy atom. The van der Waals surface area contributed by atoms with Crippen LogP contribution in [0.15, 0.2) is 4.99 Å². The number of rotatable bonds is 9. The van der Waals surface area contributed by atoms with E-state index in [4.69, 9.17) is 9.73 Å². The van der Waals surface area contributed by atoms with Crippen LogP contribution >= 0.6 is 0 Å². The SMILES string of the molecule is CCNC(=NCCCCCOC1CCCCC1)NC1CCC(O)CC1. The van der Waals surface area contributed by atoms with Gasteiger partial charge in [-0.2, -0.15) is 0 Å². The number of aliphatic hydroxyl groups is 1. The van der Waals surface area contributed by atoms with Gasteiger partial charge in [0.25, 0.3) is 0 Å². The minimum Gasteiger partial charge on any atom is -0.393 e. The molecule has 2 rings (SSSR count). The summed E-state index contributed by atoms with van der Waals surface area (Å²) in [5, 5.41) is 16.5. The molecule has 0 aromatic heterocycles. The number of nitrogens with zero attached hydrogens (tertiary/aromatic N) is 1. The van der Waals surface area contributed by atoms with E-state index in [0.29, 0.717) is 12.1 Å². The van der Waals surface area contributed by atoms with E-state index in [2.05, 4.69) is 17.6 Å². The third-order valence-corrected chi connectivity index (χ3v) is 5.36. The van der Waals surface area contributed by atoms with Crippen molar-refractivity contribution in [1.82, 2.24) is 10.6 Å². The van der Waals surface area contributed by atoms with Crippen LogP contribution in [0.25, 0.3) is 0 Å². The van der Waals surface area contributed by atoms with Crippen LogP contribution in [-0.2, 0) is 4.74 Å². The van der Waals surface area contributed by atoms with E-state index in [1.807, 2.05) is 0 Å². The molecular weight excluding hydrogens is 314 g/mol. The van der Waals surface area contributed by atoms with Crippen LogP contribution in [0.2, 0.25) is 0 Å². The van der Waals surface area contributed by atoms with Gasteiger partial charge >= 0.3 is 0 Å². The van der Waals surface area contributed by atoms with Crippen molar-refractivity contribution in [2.45, 2.75) is 102 Å². The fourth-order valence-electron chi connectivity index (χ4n) is 3.80. The highest BCUT2D eigenvalue weighted by Crippen LogP contribution is 2.20. The second-order valence-electron chi connectivity index (χ2n) is 7.60. The molecule has 0 aliphatic heterocycles. The molecule has 0 spiro atoms. The highest BCUT2D eigenvalue weighted by atomic mass is 16.5. The zero-order valence-corrected chi connectivity index (χ0v) is 16.1. The van der Waals surface area contributed by atoms with Crippen molar-refractivity contribution in [2.24, 2.45) is 4.99 Å². The molecule has 0 saturated heterocycles. The minimum atomic E-state index is -0.103. The molecule has 0 heterocycles. The maximum Gasteiger partial charge on any atom is 0.191 e. The summed E-state index contributed by atoms with van der Waals surface area (Å²) in [7, 11) is 0.